The number of carbonyl (C=O) groups is 2. The van der Waals surface area contributed by atoms with Crippen LogP contribution in [0.1, 0.15) is 18.4 Å². The molecule has 0 bridgehead atoms. The topological polar surface area (TPSA) is 88.3 Å². The van der Waals surface area contributed by atoms with E-state index in [2.05, 4.69) is 10.3 Å². The Hall–Kier alpha value is -2.89. The molecule has 0 saturated carbocycles. The van der Waals surface area contributed by atoms with Crippen LogP contribution in [0.2, 0.25) is 0 Å². The molecule has 0 unspecified atom stereocenters. The molecule has 6 heteroatoms. The number of primary amides is 1. The van der Waals surface area contributed by atoms with Crippen molar-refractivity contribution in [2.75, 3.05) is 11.9 Å². The van der Waals surface area contributed by atoms with Crippen molar-refractivity contribution in [3.8, 4) is 11.3 Å². The number of benzene rings is 1. The van der Waals surface area contributed by atoms with Crippen LogP contribution in [0.3, 0.4) is 0 Å². The molecule has 1 aliphatic rings. The van der Waals surface area contributed by atoms with E-state index in [0.29, 0.717) is 18.8 Å². The van der Waals surface area contributed by atoms with Gasteiger partial charge in [-0.05, 0) is 31.9 Å². The molecule has 24 heavy (non-hydrogen) atoms. The lowest BCUT2D eigenvalue weighted by molar-refractivity contribution is -0.119. The number of likely N-dealkylation sites (tertiary alicyclic amines) is 1. The van der Waals surface area contributed by atoms with Crippen LogP contribution in [0.15, 0.2) is 42.5 Å². The van der Waals surface area contributed by atoms with E-state index in [1.165, 1.54) is 10.5 Å². The highest BCUT2D eigenvalue weighted by Gasteiger charge is 2.33. The summed E-state index contributed by atoms with van der Waals surface area (Å²) in [7, 11) is 0. The van der Waals surface area contributed by atoms with Gasteiger partial charge in [0.15, 0.2) is 0 Å². The first-order valence-electron chi connectivity index (χ1n) is 7.95. The summed E-state index contributed by atoms with van der Waals surface area (Å²) in [6, 6.07) is 12.4. The molecule has 3 amide bonds. The Morgan fingerprint density at radius 2 is 1.96 bits per heavy atom. The molecular weight excluding hydrogens is 304 g/mol. The van der Waals surface area contributed by atoms with Crippen LogP contribution >= 0.6 is 0 Å². The summed E-state index contributed by atoms with van der Waals surface area (Å²) in [5.41, 5.74) is 8.27. The minimum atomic E-state index is -0.561. The fourth-order valence-corrected chi connectivity index (χ4v) is 2.90. The fraction of sp³-hybridized carbons (Fsp3) is 0.278. The highest BCUT2D eigenvalue weighted by Crippen LogP contribution is 2.21. The average molecular weight is 324 g/mol. The van der Waals surface area contributed by atoms with Crippen LogP contribution in [0, 0.1) is 6.92 Å². The van der Waals surface area contributed by atoms with Crippen LogP contribution in [0.25, 0.3) is 11.3 Å². The van der Waals surface area contributed by atoms with Gasteiger partial charge in [0, 0.05) is 12.1 Å². The maximum Gasteiger partial charge on any atom is 0.315 e. The molecule has 124 valence electrons. The summed E-state index contributed by atoms with van der Waals surface area (Å²) >= 11 is 0. The predicted molar refractivity (Wildman–Crippen MR) is 92.4 cm³/mol. The first-order valence-corrected chi connectivity index (χ1v) is 7.95. The zero-order valence-corrected chi connectivity index (χ0v) is 13.5. The number of anilines is 1. The number of amides is 3. The quantitative estimate of drug-likeness (QED) is 0.909. The summed E-state index contributed by atoms with van der Waals surface area (Å²) in [6.07, 6.45) is 1.39. The molecule has 1 aliphatic heterocycles. The minimum Gasteiger partial charge on any atom is -0.351 e. The van der Waals surface area contributed by atoms with Crippen LogP contribution in [0.4, 0.5) is 10.6 Å². The number of hydrogen-bond acceptors (Lipinski definition) is 3. The number of aryl methyl sites for hydroxylation is 1. The van der Waals surface area contributed by atoms with Gasteiger partial charge in [-0.15, -0.1) is 0 Å². The molecule has 1 saturated heterocycles. The van der Waals surface area contributed by atoms with Crippen molar-refractivity contribution >= 4 is 17.8 Å². The van der Waals surface area contributed by atoms with Gasteiger partial charge in [-0.3, -0.25) is 4.79 Å². The molecule has 1 aromatic heterocycles. The van der Waals surface area contributed by atoms with Gasteiger partial charge in [0.25, 0.3) is 0 Å². The van der Waals surface area contributed by atoms with Crippen molar-refractivity contribution in [2.45, 2.75) is 25.8 Å². The molecule has 6 nitrogen and oxygen atoms in total. The molecule has 1 fully saturated rings. The molecule has 0 aliphatic carbocycles. The molecule has 0 radical (unpaired) electrons. The zero-order chi connectivity index (χ0) is 17.1. The lowest BCUT2D eigenvalue weighted by Gasteiger charge is -2.21. The van der Waals surface area contributed by atoms with Gasteiger partial charge in [-0.25, -0.2) is 9.78 Å². The maximum atomic E-state index is 12.4. The van der Waals surface area contributed by atoms with Crippen LogP contribution in [-0.2, 0) is 4.79 Å². The lowest BCUT2D eigenvalue weighted by Crippen LogP contribution is -2.45. The molecule has 1 atom stereocenters. The van der Waals surface area contributed by atoms with E-state index in [1.807, 2.05) is 43.3 Å². The van der Waals surface area contributed by atoms with Gasteiger partial charge in [0.05, 0.1) is 5.69 Å². The van der Waals surface area contributed by atoms with E-state index < -0.39 is 12.1 Å². The van der Waals surface area contributed by atoms with Gasteiger partial charge in [0.1, 0.15) is 11.9 Å². The number of pyridine rings is 1. The Kier molecular flexibility index (Phi) is 4.46. The maximum absolute atomic E-state index is 12.4. The molecule has 2 heterocycles. The van der Waals surface area contributed by atoms with Gasteiger partial charge in [-0.2, -0.15) is 0 Å². The minimum absolute atomic E-state index is 0.250. The Balaban J connectivity index is 1.76. The number of carbonyl (C=O) groups excluding carboxylic acids is 2. The number of rotatable bonds is 3. The summed E-state index contributed by atoms with van der Waals surface area (Å²) < 4.78 is 0. The molecule has 0 spiro atoms. The SMILES string of the molecule is Cc1ccc(-c2cccc(NC(=O)[C@@H]3CCCN3C(N)=O)n2)cc1. The third-order valence-corrected chi connectivity index (χ3v) is 4.19. The second kappa shape index (κ2) is 6.70. The van der Waals surface area contributed by atoms with Crippen molar-refractivity contribution in [1.82, 2.24) is 9.88 Å². The van der Waals surface area contributed by atoms with E-state index in [1.54, 1.807) is 6.07 Å². The first-order chi connectivity index (χ1) is 11.5. The normalized spacial score (nSPS) is 16.9. The van der Waals surface area contributed by atoms with E-state index >= 15 is 0 Å². The van der Waals surface area contributed by atoms with Gasteiger partial charge in [-0.1, -0.05) is 35.9 Å². The van der Waals surface area contributed by atoms with Crippen molar-refractivity contribution in [3.05, 3.63) is 48.0 Å². The van der Waals surface area contributed by atoms with Crippen molar-refractivity contribution < 1.29 is 9.59 Å². The molecular formula is C18H20N4O2. The second-order valence-corrected chi connectivity index (χ2v) is 5.95. The zero-order valence-electron chi connectivity index (χ0n) is 13.5. The number of urea groups is 1. The average Bonchev–Trinajstić information content (AvgIpc) is 3.06. The van der Waals surface area contributed by atoms with E-state index in [-0.39, 0.29) is 5.91 Å². The fourth-order valence-electron chi connectivity index (χ4n) is 2.90. The monoisotopic (exact) mass is 324 g/mol. The number of nitrogens with one attached hydrogen (secondary N) is 1. The Morgan fingerprint density at radius 3 is 2.67 bits per heavy atom. The van der Waals surface area contributed by atoms with Crippen molar-refractivity contribution in [1.29, 1.82) is 0 Å². The Morgan fingerprint density at radius 1 is 1.21 bits per heavy atom. The highest BCUT2D eigenvalue weighted by molar-refractivity contribution is 5.96. The van der Waals surface area contributed by atoms with Crippen molar-refractivity contribution in [2.24, 2.45) is 5.73 Å². The number of aromatic nitrogens is 1. The largest absolute Gasteiger partial charge is 0.351 e. The number of hydrogen-bond donors (Lipinski definition) is 2. The summed E-state index contributed by atoms with van der Waals surface area (Å²) in [6.45, 7) is 2.55. The Bertz CT molecular complexity index is 758. The third-order valence-electron chi connectivity index (χ3n) is 4.19. The summed E-state index contributed by atoms with van der Waals surface area (Å²) in [4.78, 5) is 29.7. The van der Waals surface area contributed by atoms with Crippen LogP contribution < -0.4 is 11.1 Å². The molecule has 1 aromatic carbocycles. The van der Waals surface area contributed by atoms with Crippen LogP contribution in [-0.4, -0.2) is 34.4 Å². The highest BCUT2D eigenvalue weighted by atomic mass is 16.2. The lowest BCUT2D eigenvalue weighted by atomic mass is 10.1. The number of nitrogens with zero attached hydrogens (tertiary/aromatic N) is 2. The predicted octanol–water partition coefficient (Wildman–Crippen LogP) is 2.54. The first kappa shape index (κ1) is 16.0. The Labute approximate surface area is 140 Å². The van der Waals surface area contributed by atoms with Crippen LogP contribution in [0.5, 0.6) is 0 Å². The molecule has 3 rings (SSSR count). The third kappa shape index (κ3) is 3.37. The van der Waals surface area contributed by atoms with Gasteiger partial charge < -0.3 is 16.0 Å². The van der Waals surface area contributed by atoms with E-state index in [9.17, 15) is 9.59 Å². The second-order valence-electron chi connectivity index (χ2n) is 5.95. The molecule has 3 N–H and O–H groups in total. The van der Waals surface area contributed by atoms with Gasteiger partial charge >= 0.3 is 6.03 Å². The number of nitrogens with two attached hydrogens (primary N) is 1. The summed E-state index contributed by atoms with van der Waals surface area (Å²) in [5.74, 6) is 0.217. The van der Waals surface area contributed by atoms with E-state index in [0.717, 1.165) is 17.7 Å². The standard InChI is InChI=1S/C18H20N4O2/c1-12-7-9-13(10-8-12)14-4-2-6-16(20-14)21-17(23)15-5-3-11-22(15)18(19)24/h2,4,6-10,15H,3,5,11H2,1H3,(H2,19,24)(H,20,21,23)/t15-/m0/s1. The smallest absolute Gasteiger partial charge is 0.315 e. The van der Waals surface area contributed by atoms with Crippen molar-refractivity contribution in [3.63, 3.8) is 0 Å². The van der Waals surface area contributed by atoms with E-state index in [4.69, 9.17) is 5.73 Å². The summed E-state index contributed by atoms with van der Waals surface area (Å²) in [5, 5.41) is 2.79. The van der Waals surface area contributed by atoms with Gasteiger partial charge in [0.2, 0.25) is 5.91 Å². The molecule has 2 aromatic rings.